The van der Waals surface area contributed by atoms with Gasteiger partial charge in [-0.1, -0.05) is 281 Å². The summed E-state index contributed by atoms with van der Waals surface area (Å²) in [6.45, 7) is 11.2. The van der Waals surface area contributed by atoms with Gasteiger partial charge in [0.25, 0.3) is 0 Å². The largest absolute Gasteiger partial charge is 0.0725 e. The molecule has 11 aromatic rings. The Labute approximate surface area is 444 Å². The fourth-order valence-corrected chi connectivity index (χ4v) is 12.6. The van der Waals surface area contributed by atoms with E-state index >= 15 is 0 Å². The minimum atomic E-state index is -0.457. The number of hydrogen-bond donors (Lipinski definition) is 0. The van der Waals surface area contributed by atoms with E-state index in [1.807, 2.05) is 0 Å². The highest BCUT2D eigenvalue weighted by Crippen LogP contribution is 2.62. The molecule has 0 atom stereocenters. The van der Waals surface area contributed by atoms with E-state index in [1.165, 1.54) is 141 Å². The first-order valence-corrected chi connectivity index (χ1v) is 26.8. The second kappa shape index (κ2) is 19.7. The van der Waals surface area contributed by atoms with Crippen molar-refractivity contribution >= 4 is 0 Å². The maximum atomic E-state index is 2.48. The van der Waals surface area contributed by atoms with Gasteiger partial charge in [-0.2, -0.15) is 0 Å². The summed E-state index contributed by atoms with van der Waals surface area (Å²) in [6.07, 6.45) is 2.39. The van der Waals surface area contributed by atoms with Gasteiger partial charge in [-0.25, -0.2) is 0 Å². The Kier molecular flexibility index (Phi) is 12.5. The molecule has 362 valence electrons. The lowest BCUT2D eigenvalue weighted by Gasteiger charge is -2.35. The minimum absolute atomic E-state index is 0.151. The van der Waals surface area contributed by atoms with Gasteiger partial charge in [-0.3, -0.25) is 0 Å². The standard InChI is InChI=1S/C44H30.C16H16.C15H16/c1-29-13-2-3-16-33(29)32-15-12-14-30(27-32)31-25-26-39-38-21-8-11-24-42(38)44(43(39)28-31)40-22-9-6-19-36(40)34-17-4-5-18-35(34)37-20-7-10-23-41(37)44;1-11-8-9-13-12-6-4-5-7-14(12)16(2,3)15(13)10-11;1-2-6-13-9-11-15(12-10-13)14-7-4-3-5-8-14/h2-28H,1H3;4-10H,1-3H3;3-5,7-12H,2,6H2,1H3. The van der Waals surface area contributed by atoms with Crippen molar-refractivity contribution < 1.29 is 0 Å². The first kappa shape index (κ1) is 47.4. The van der Waals surface area contributed by atoms with Crippen LogP contribution in [0.1, 0.15) is 77.3 Å². The molecule has 0 bridgehead atoms. The van der Waals surface area contributed by atoms with Crippen LogP contribution in [0.5, 0.6) is 0 Å². The van der Waals surface area contributed by atoms with Crippen molar-refractivity contribution in [2.45, 2.75) is 58.3 Å². The number of fused-ring (bicyclic) bond motifs is 15. The van der Waals surface area contributed by atoms with Gasteiger partial charge in [0, 0.05) is 5.41 Å². The number of benzene rings is 11. The predicted molar refractivity (Wildman–Crippen MR) is 318 cm³/mol. The number of aryl methyl sites for hydroxylation is 3. The van der Waals surface area contributed by atoms with E-state index in [0.717, 1.165) is 0 Å². The molecule has 0 heteroatoms. The van der Waals surface area contributed by atoms with E-state index in [2.05, 4.69) is 295 Å². The van der Waals surface area contributed by atoms with Crippen molar-refractivity contribution in [2.75, 3.05) is 0 Å². The topological polar surface area (TPSA) is 0 Å². The van der Waals surface area contributed by atoms with Crippen LogP contribution in [0.25, 0.3) is 77.9 Å². The molecule has 0 amide bonds. The van der Waals surface area contributed by atoms with Gasteiger partial charge >= 0.3 is 0 Å². The molecule has 0 saturated carbocycles. The van der Waals surface area contributed by atoms with Crippen LogP contribution in [-0.2, 0) is 17.3 Å². The highest BCUT2D eigenvalue weighted by atomic mass is 14.5. The first-order chi connectivity index (χ1) is 36.7. The second-order valence-electron chi connectivity index (χ2n) is 21.1. The summed E-state index contributed by atoms with van der Waals surface area (Å²) in [5.41, 5.74) is 30.3. The normalized spacial score (nSPS) is 13.2. The summed E-state index contributed by atoms with van der Waals surface area (Å²) in [4.78, 5) is 0. The summed E-state index contributed by atoms with van der Waals surface area (Å²) in [7, 11) is 0. The van der Waals surface area contributed by atoms with Gasteiger partial charge in [-0.15, -0.1) is 0 Å². The summed E-state index contributed by atoms with van der Waals surface area (Å²) >= 11 is 0. The molecule has 0 aromatic heterocycles. The average Bonchev–Trinajstić information content (AvgIpc) is 4.11. The van der Waals surface area contributed by atoms with Crippen LogP contribution in [0.4, 0.5) is 0 Å². The molecule has 3 aliphatic carbocycles. The summed E-state index contributed by atoms with van der Waals surface area (Å²) in [5.74, 6) is 0. The molecule has 75 heavy (non-hydrogen) atoms. The number of hydrogen-bond acceptors (Lipinski definition) is 0. The molecular weight excluding hydrogens is 901 g/mol. The smallest absolute Gasteiger partial charge is 0.0651 e. The molecule has 1 spiro atoms. The van der Waals surface area contributed by atoms with E-state index in [4.69, 9.17) is 0 Å². The lowest BCUT2D eigenvalue weighted by Crippen LogP contribution is -2.29. The highest BCUT2D eigenvalue weighted by molar-refractivity contribution is 5.98. The second-order valence-corrected chi connectivity index (χ2v) is 21.1. The number of rotatable bonds is 5. The molecule has 14 rings (SSSR count). The van der Waals surface area contributed by atoms with Gasteiger partial charge in [0.2, 0.25) is 0 Å². The molecule has 0 heterocycles. The average molecular weight is 963 g/mol. The van der Waals surface area contributed by atoms with Crippen molar-refractivity contribution in [1.29, 1.82) is 0 Å². The predicted octanol–water partition coefficient (Wildman–Crippen LogP) is 19.9. The molecule has 0 N–H and O–H groups in total. The van der Waals surface area contributed by atoms with Crippen LogP contribution in [0, 0.1) is 13.8 Å². The zero-order valence-corrected chi connectivity index (χ0v) is 43.7. The zero-order chi connectivity index (χ0) is 51.1. The Morgan fingerprint density at radius 2 is 0.693 bits per heavy atom. The van der Waals surface area contributed by atoms with Crippen molar-refractivity contribution in [2.24, 2.45) is 0 Å². The first-order valence-electron chi connectivity index (χ1n) is 26.8. The third kappa shape index (κ3) is 8.27. The maximum absolute atomic E-state index is 2.48. The highest BCUT2D eigenvalue weighted by Gasteiger charge is 2.49. The Hall–Kier alpha value is -8.58. The van der Waals surface area contributed by atoms with Gasteiger partial charge in [0.1, 0.15) is 0 Å². The molecule has 0 saturated heterocycles. The third-order valence-corrected chi connectivity index (χ3v) is 16.2. The molecule has 0 nitrogen and oxygen atoms in total. The van der Waals surface area contributed by atoms with Crippen molar-refractivity contribution in [1.82, 2.24) is 0 Å². The van der Waals surface area contributed by atoms with Gasteiger partial charge in [0.15, 0.2) is 0 Å². The molecule has 0 unspecified atom stereocenters. The van der Waals surface area contributed by atoms with Crippen LogP contribution in [0.15, 0.2) is 261 Å². The van der Waals surface area contributed by atoms with Crippen LogP contribution in [0.3, 0.4) is 0 Å². The minimum Gasteiger partial charge on any atom is -0.0651 e. The molecule has 3 aliphatic rings. The van der Waals surface area contributed by atoms with E-state index in [1.54, 1.807) is 0 Å². The molecule has 11 aromatic carbocycles. The van der Waals surface area contributed by atoms with Crippen molar-refractivity contribution in [3.05, 3.63) is 311 Å². The van der Waals surface area contributed by atoms with Crippen LogP contribution >= 0.6 is 0 Å². The zero-order valence-electron chi connectivity index (χ0n) is 43.7. The third-order valence-electron chi connectivity index (χ3n) is 16.2. The van der Waals surface area contributed by atoms with Gasteiger partial charge in [0.05, 0.1) is 5.41 Å². The van der Waals surface area contributed by atoms with Crippen molar-refractivity contribution in [3.63, 3.8) is 0 Å². The van der Waals surface area contributed by atoms with Crippen LogP contribution in [0.2, 0.25) is 0 Å². The Morgan fingerprint density at radius 1 is 0.280 bits per heavy atom. The molecule has 0 aliphatic heterocycles. The van der Waals surface area contributed by atoms with Gasteiger partial charge < -0.3 is 0 Å². The molecule has 0 radical (unpaired) electrons. The summed E-state index contributed by atoms with van der Waals surface area (Å²) in [5, 5.41) is 0. The molecular formula is C75H62. The quantitative estimate of drug-likeness (QED) is 0.161. The van der Waals surface area contributed by atoms with Crippen molar-refractivity contribution in [3.8, 4) is 77.9 Å². The fraction of sp³-hybridized carbons (Fsp3) is 0.120. The Balaban J connectivity index is 0.000000149. The lowest BCUT2D eigenvalue weighted by molar-refractivity contribution is 0.660. The summed E-state index contributed by atoms with van der Waals surface area (Å²) < 4.78 is 0. The fourth-order valence-electron chi connectivity index (χ4n) is 12.6. The monoisotopic (exact) mass is 962 g/mol. The van der Waals surface area contributed by atoms with E-state index in [9.17, 15) is 0 Å². The van der Waals surface area contributed by atoms with E-state index in [0.29, 0.717) is 0 Å². The molecule has 0 fully saturated rings. The van der Waals surface area contributed by atoms with Crippen LogP contribution in [-0.4, -0.2) is 0 Å². The maximum Gasteiger partial charge on any atom is 0.0725 e. The van der Waals surface area contributed by atoms with Gasteiger partial charge in [-0.05, 0) is 155 Å². The van der Waals surface area contributed by atoms with Crippen LogP contribution < -0.4 is 0 Å². The Bertz CT molecular complexity index is 3820. The summed E-state index contributed by atoms with van der Waals surface area (Å²) in [6, 6.07) is 95.9. The van der Waals surface area contributed by atoms with E-state index in [-0.39, 0.29) is 5.41 Å². The SMILES string of the molecule is CCCc1ccc(-c2ccccc2)cc1.Cc1ccc2c(c1)C(C)(C)c1ccccc1-2.Cc1ccccc1-c1cccc(-c2ccc3c(c2)C2(c4ccccc4-c4ccccc4-c4ccccc42)c2ccccc2-3)c1. The van der Waals surface area contributed by atoms with E-state index < -0.39 is 5.41 Å². The Morgan fingerprint density at radius 3 is 1.29 bits per heavy atom. The lowest BCUT2D eigenvalue weighted by atomic mass is 9.65.